The van der Waals surface area contributed by atoms with Crippen molar-refractivity contribution in [2.75, 3.05) is 6.61 Å². The highest BCUT2D eigenvalue weighted by molar-refractivity contribution is 5.99. The van der Waals surface area contributed by atoms with Crippen molar-refractivity contribution in [1.82, 2.24) is 15.0 Å². The molecule has 0 aliphatic heterocycles. The lowest BCUT2D eigenvalue weighted by molar-refractivity contribution is -0.385. The summed E-state index contributed by atoms with van der Waals surface area (Å²) in [4.78, 5) is 35.1. The van der Waals surface area contributed by atoms with Gasteiger partial charge in [-0.1, -0.05) is 41.6 Å². The molecule has 9 heteroatoms. The van der Waals surface area contributed by atoms with Crippen molar-refractivity contribution in [2.24, 2.45) is 0 Å². The molecule has 0 bridgehead atoms. The number of Topliss-reactive ketones (excluding diaryl/α,β-unsaturated/α-hetero) is 1. The normalized spacial score (nSPS) is 10.8. The van der Waals surface area contributed by atoms with Gasteiger partial charge in [-0.05, 0) is 36.8 Å². The summed E-state index contributed by atoms with van der Waals surface area (Å²) < 4.78 is 6.86. The second-order valence-electron chi connectivity index (χ2n) is 7.19. The minimum atomic E-state index is -0.655. The van der Waals surface area contributed by atoms with E-state index in [0.29, 0.717) is 17.7 Å². The van der Waals surface area contributed by atoms with Crippen LogP contribution in [0.1, 0.15) is 31.8 Å². The molecule has 0 aliphatic rings. The van der Waals surface area contributed by atoms with E-state index in [1.54, 1.807) is 35.9 Å². The maximum atomic E-state index is 12.3. The smallest absolute Gasteiger partial charge is 0.338 e. The van der Waals surface area contributed by atoms with E-state index in [1.165, 1.54) is 18.2 Å². The molecule has 0 atom stereocenters. The van der Waals surface area contributed by atoms with Crippen molar-refractivity contribution in [3.05, 3.63) is 99.1 Å². The molecule has 0 amide bonds. The predicted octanol–water partition coefficient (Wildman–Crippen LogP) is 3.74. The monoisotopic (exact) mass is 430 g/mol. The van der Waals surface area contributed by atoms with Gasteiger partial charge in [-0.15, -0.1) is 5.10 Å². The zero-order valence-corrected chi connectivity index (χ0v) is 17.1. The Morgan fingerprint density at radius 2 is 1.75 bits per heavy atom. The fraction of sp³-hybridized carbons (Fsp3) is 0.130. The predicted molar refractivity (Wildman–Crippen MR) is 116 cm³/mol. The summed E-state index contributed by atoms with van der Waals surface area (Å²) in [6.45, 7) is 1.56. The van der Waals surface area contributed by atoms with Crippen LogP contribution in [-0.2, 0) is 11.3 Å². The Labute approximate surface area is 182 Å². The molecule has 0 saturated carbocycles. The van der Waals surface area contributed by atoms with Crippen LogP contribution in [0.3, 0.4) is 0 Å². The molecule has 0 unspecified atom stereocenters. The quantitative estimate of drug-likeness (QED) is 0.190. The number of nitro benzene ring substituents is 1. The number of esters is 1. The van der Waals surface area contributed by atoms with Crippen LogP contribution in [0.4, 0.5) is 5.69 Å². The van der Waals surface area contributed by atoms with Crippen molar-refractivity contribution in [2.45, 2.75) is 13.5 Å². The minimum absolute atomic E-state index is 0.116. The molecule has 3 aromatic carbocycles. The molecular weight excluding hydrogens is 412 g/mol. The molecule has 0 radical (unpaired) electrons. The van der Waals surface area contributed by atoms with Crippen LogP contribution in [0.25, 0.3) is 11.0 Å². The third-order valence-corrected chi connectivity index (χ3v) is 5.00. The zero-order valence-electron chi connectivity index (χ0n) is 17.1. The third-order valence-electron chi connectivity index (χ3n) is 5.00. The molecule has 0 fully saturated rings. The highest BCUT2D eigenvalue weighted by Crippen LogP contribution is 2.20. The Kier molecular flexibility index (Phi) is 5.71. The summed E-state index contributed by atoms with van der Waals surface area (Å²) in [7, 11) is 0. The van der Waals surface area contributed by atoms with Gasteiger partial charge in [0.05, 0.1) is 22.5 Å². The van der Waals surface area contributed by atoms with Crippen molar-refractivity contribution in [3.8, 4) is 0 Å². The molecular formula is C23H18N4O5. The molecule has 0 saturated heterocycles. The number of ether oxygens (including phenoxy) is 1. The molecule has 160 valence electrons. The highest BCUT2D eigenvalue weighted by atomic mass is 16.6. The SMILES string of the molecule is Cc1ccc(C(=O)COC(=O)c2ccc(Cn3nnc4ccccc43)cc2)cc1[N+](=O)[O-]. The van der Waals surface area contributed by atoms with E-state index in [1.807, 2.05) is 24.3 Å². The van der Waals surface area contributed by atoms with E-state index >= 15 is 0 Å². The molecule has 0 N–H and O–H groups in total. The number of carbonyl (C=O) groups is 2. The van der Waals surface area contributed by atoms with Gasteiger partial charge in [0.25, 0.3) is 5.69 Å². The first-order valence-corrected chi connectivity index (χ1v) is 9.75. The van der Waals surface area contributed by atoms with Crippen LogP contribution in [0.5, 0.6) is 0 Å². The van der Waals surface area contributed by atoms with Gasteiger partial charge in [0.15, 0.2) is 6.61 Å². The van der Waals surface area contributed by atoms with Crippen molar-refractivity contribution in [3.63, 3.8) is 0 Å². The largest absolute Gasteiger partial charge is 0.454 e. The van der Waals surface area contributed by atoms with Gasteiger partial charge in [-0.2, -0.15) is 0 Å². The molecule has 1 aromatic heterocycles. The molecule has 4 aromatic rings. The average molecular weight is 430 g/mol. The lowest BCUT2D eigenvalue weighted by Gasteiger charge is -2.07. The van der Waals surface area contributed by atoms with Gasteiger partial charge < -0.3 is 4.74 Å². The Morgan fingerprint density at radius 1 is 1.03 bits per heavy atom. The van der Waals surface area contributed by atoms with Gasteiger partial charge in [-0.3, -0.25) is 14.9 Å². The number of nitro groups is 1. The number of hydrogen-bond donors (Lipinski definition) is 0. The summed E-state index contributed by atoms with van der Waals surface area (Å²) in [5.41, 5.74) is 3.33. The van der Waals surface area contributed by atoms with E-state index in [9.17, 15) is 19.7 Å². The molecule has 0 aliphatic carbocycles. The Morgan fingerprint density at radius 3 is 2.50 bits per heavy atom. The maximum absolute atomic E-state index is 12.3. The third kappa shape index (κ3) is 4.36. The van der Waals surface area contributed by atoms with Crippen molar-refractivity contribution in [1.29, 1.82) is 0 Å². The van der Waals surface area contributed by atoms with Crippen LogP contribution in [-0.4, -0.2) is 38.3 Å². The molecule has 0 spiro atoms. The van der Waals surface area contributed by atoms with Crippen LogP contribution >= 0.6 is 0 Å². The fourth-order valence-electron chi connectivity index (χ4n) is 3.23. The Balaban J connectivity index is 1.38. The van der Waals surface area contributed by atoms with Crippen LogP contribution in [0, 0.1) is 17.0 Å². The summed E-state index contributed by atoms with van der Waals surface area (Å²) in [5, 5.41) is 19.3. The molecule has 1 heterocycles. The second kappa shape index (κ2) is 8.76. The minimum Gasteiger partial charge on any atom is -0.454 e. The zero-order chi connectivity index (χ0) is 22.7. The first-order chi connectivity index (χ1) is 15.4. The highest BCUT2D eigenvalue weighted by Gasteiger charge is 2.17. The number of aromatic nitrogens is 3. The number of rotatable bonds is 7. The number of hydrogen-bond acceptors (Lipinski definition) is 7. The van der Waals surface area contributed by atoms with Crippen molar-refractivity contribution >= 4 is 28.5 Å². The number of ketones is 1. The summed E-state index contributed by atoms with van der Waals surface area (Å²) in [6, 6.07) is 18.5. The van der Waals surface area contributed by atoms with Gasteiger partial charge in [0, 0.05) is 17.2 Å². The first-order valence-electron chi connectivity index (χ1n) is 9.75. The van der Waals surface area contributed by atoms with Gasteiger partial charge in [-0.25, -0.2) is 9.48 Å². The first kappa shape index (κ1) is 20.9. The van der Waals surface area contributed by atoms with Gasteiger partial charge >= 0.3 is 5.97 Å². The number of fused-ring (bicyclic) bond motifs is 1. The summed E-state index contributed by atoms with van der Waals surface area (Å²) in [6.07, 6.45) is 0. The van der Waals surface area contributed by atoms with E-state index in [0.717, 1.165) is 16.6 Å². The topological polar surface area (TPSA) is 117 Å². The Bertz CT molecular complexity index is 1330. The van der Waals surface area contributed by atoms with Gasteiger partial charge in [0.1, 0.15) is 5.52 Å². The second-order valence-corrected chi connectivity index (χ2v) is 7.19. The molecule has 32 heavy (non-hydrogen) atoms. The number of nitrogens with zero attached hydrogens (tertiary/aromatic N) is 4. The number of para-hydroxylation sites is 1. The number of benzene rings is 3. The van der Waals surface area contributed by atoms with E-state index in [4.69, 9.17) is 4.74 Å². The average Bonchev–Trinajstić information content (AvgIpc) is 3.20. The Hall–Kier alpha value is -4.40. The molecule has 4 rings (SSSR count). The summed E-state index contributed by atoms with van der Waals surface area (Å²) in [5.74, 6) is -1.17. The van der Waals surface area contributed by atoms with E-state index in [2.05, 4.69) is 10.3 Å². The molecule has 9 nitrogen and oxygen atoms in total. The lowest BCUT2D eigenvalue weighted by Crippen LogP contribution is -2.14. The number of aryl methyl sites for hydroxylation is 1. The van der Waals surface area contributed by atoms with Crippen LogP contribution < -0.4 is 0 Å². The van der Waals surface area contributed by atoms with Crippen LogP contribution in [0.2, 0.25) is 0 Å². The maximum Gasteiger partial charge on any atom is 0.338 e. The van der Waals surface area contributed by atoms with E-state index in [-0.39, 0.29) is 11.3 Å². The lowest BCUT2D eigenvalue weighted by atomic mass is 10.1. The van der Waals surface area contributed by atoms with Gasteiger partial charge in [0.2, 0.25) is 5.78 Å². The standard InChI is InChI=1S/C23H18N4O5/c1-15-6-9-18(12-21(15)27(30)31)22(28)14-32-23(29)17-10-7-16(8-11-17)13-26-20-5-3-2-4-19(20)24-25-26/h2-12H,13-14H2,1H3. The van der Waals surface area contributed by atoms with Crippen LogP contribution in [0.15, 0.2) is 66.7 Å². The summed E-state index contributed by atoms with van der Waals surface area (Å²) >= 11 is 0. The fourth-order valence-corrected chi connectivity index (χ4v) is 3.23. The van der Waals surface area contributed by atoms with Crippen molar-refractivity contribution < 1.29 is 19.2 Å². The number of carbonyl (C=O) groups excluding carboxylic acids is 2. The van der Waals surface area contributed by atoms with E-state index < -0.39 is 23.3 Å².